The lowest BCUT2D eigenvalue weighted by Gasteiger charge is -2.23. The molecule has 0 bridgehead atoms. The number of phenolic OH excluding ortho intramolecular Hbond substituents is 1. The third-order valence-corrected chi connectivity index (χ3v) is 5.02. The standard InChI is InChI=1S/C22H30N4O10/c1-11(19(32)26-16(22(35)36)7-9-18(30)31)24-21(34)15(6-8-17(28)29)25-20(33)14(23)10-12-2-4-13(27)5-3-12/h2-5,11,14-16,27H,6-10,23H2,1H3,(H,24,34)(H,25,33)(H,26,32)(H,28,29)(H,30,31)(H,35,36). The number of aliphatic carboxylic acids is 3. The summed E-state index contributed by atoms with van der Waals surface area (Å²) in [7, 11) is 0. The van der Waals surface area contributed by atoms with Crippen LogP contribution in [0.15, 0.2) is 24.3 Å². The fourth-order valence-electron chi connectivity index (χ4n) is 3.00. The predicted molar refractivity (Wildman–Crippen MR) is 123 cm³/mol. The Morgan fingerprint density at radius 3 is 1.78 bits per heavy atom. The molecule has 0 aliphatic rings. The second kappa shape index (κ2) is 14.3. The molecule has 1 aromatic carbocycles. The molecule has 0 aliphatic heterocycles. The van der Waals surface area contributed by atoms with Gasteiger partial charge in [-0.1, -0.05) is 12.1 Å². The number of nitrogens with two attached hydrogens (primary N) is 1. The Morgan fingerprint density at radius 2 is 1.28 bits per heavy atom. The van der Waals surface area contributed by atoms with Crippen molar-refractivity contribution >= 4 is 35.6 Å². The topological polar surface area (TPSA) is 245 Å². The van der Waals surface area contributed by atoms with E-state index in [1.54, 1.807) is 12.1 Å². The lowest BCUT2D eigenvalue weighted by Crippen LogP contribution is -2.56. The third-order valence-electron chi connectivity index (χ3n) is 5.02. The summed E-state index contributed by atoms with van der Waals surface area (Å²) >= 11 is 0. The first kappa shape index (κ1) is 29.8. The van der Waals surface area contributed by atoms with E-state index in [-0.39, 0.29) is 25.0 Å². The highest BCUT2D eigenvalue weighted by atomic mass is 16.4. The van der Waals surface area contributed by atoms with Crippen LogP contribution in [0.4, 0.5) is 0 Å². The first-order valence-corrected chi connectivity index (χ1v) is 10.9. The van der Waals surface area contributed by atoms with Gasteiger partial charge in [0.2, 0.25) is 17.7 Å². The lowest BCUT2D eigenvalue weighted by molar-refractivity contribution is -0.143. The Labute approximate surface area is 205 Å². The van der Waals surface area contributed by atoms with Crippen molar-refractivity contribution < 1.29 is 49.2 Å². The normalized spacial score (nSPS) is 13.9. The van der Waals surface area contributed by atoms with Gasteiger partial charge in [-0.05, 0) is 43.9 Å². The fraction of sp³-hybridized carbons (Fsp3) is 0.455. The van der Waals surface area contributed by atoms with Crippen molar-refractivity contribution in [2.45, 2.75) is 63.2 Å². The van der Waals surface area contributed by atoms with E-state index in [9.17, 15) is 33.9 Å². The Kier molecular flexibility index (Phi) is 11.8. The van der Waals surface area contributed by atoms with Crippen molar-refractivity contribution in [2.75, 3.05) is 0 Å². The molecule has 4 atom stereocenters. The molecule has 0 fully saturated rings. The molecule has 198 valence electrons. The third kappa shape index (κ3) is 10.8. The zero-order chi connectivity index (χ0) is 27.4. The number of amides is 3. The Balaban J connectivity index is 2.80. The zero-order valence-electron chi connectivity index (χ0n) is 19.5. The number of nitrogens with one attached hydrogen (secondary N) is 3. The second-order valence-corrected chi connectivity index (χ2v) is 8.03. The Morgan fingerprint density at radius 1 is 0.778 bits per heavy atom. The molecule has 1 rings (SSSR count). The van der Waals surface area contributed by atoms with Gasteiger partial charge in [-0.2, -0.15) is 0 Å². The molecule has 9 N–H and O–H groups in total. The van der Waals surface area contributed by atoms with Crippen molar-refractivity contribution in [3.63, 3.8) is 0 Å². The molecule has 3 amide bonds. The average molecular weight is 511 g/mol. The van der Waals surface area contributed by atoms with Gasteiger partial charge >= 0.3 is 17.9 Å². The van der Waals surface area contributed by atoms with Crippen LogP contribution in [0.2, 0.25) is 0 Å². The van der Waals surface area contributed by atoms with Crippen molar-refractivity contribution in [3.8, 4) is 5.75 Å². The van der Waals surface area contributed by atoms with Gasteiger partial charge in [0.25, 0.3) is 0 Å². The monoisotopic (exact) mass is 510 g/mol. The van der Waals surface area contributed by atoms with Crippen LogP contribution in [0.1, 0.15) is 38.2 Å². The van der Waals surface area contributed by atoms with Crippen molar-refractivity contribution in [2.24, 2.45) is 5.73 Å². The Hall–Kier alpha value is -4.20. The van der Waals surface area contributed by atoms with Crippen LogP contribution in [-0.4, -0.2) is 80.2 Å². The zero-order valence-corrected chi connectivity index (χ0v) is 19.5. The minimum Gasteiger partial charge on any atom is -0.508 e. The van der Waals surface area contributed by atoms with Crippen molar-refractivity contribution in [1.82, 2.24) is 16.0 Å². The summed E-state index contributed by atoms with van der Waals surface area (Å²) in [5.41, 5.74) is 6.52. The van der Waals surface area contributed by atoms with E-state index in [1.165, 1.54) is 19.1 Å². The molecular formula is C22H30N4O10. The fourth-order valence-corrected chi connectivity index (χ4v) is 3.00. The number of hydrogen-bond donors (Lipinski definition) is 8. The van der Waals surface area contributed by atoms with E-state index in [1.807, 2.05) is 0 Å². The minimum atomic E-state index is -1.51. The first-order valence-electron chi connectivity index (χ1n) is 10.9. The number of carboxylic acids is 3. The van der Waals surface area contributed by atoms with Gasteiger partial charge in [0, 0.05) is 12.8 Å². The molecule has 0 spiro atoms. The lowest BCUT2D eigenvalue weighted by atomic mass is 10.0. The van der Waals surface area contributed by atoms with Crippen LogP contribution < -0.4 is 21.7 Å². The summed E-state index contributed by atoms with van der Waals surface area (Å²) in [6.07, 6.45) is -1.63. The molecule has 0 radical (unpaired) electrons. The van der Waals surface area contributed by atoms with Crippen LogP contribution in [-0.2, 0) is 35.2 Å². The molecule has 4 unspecified atom stereocenters. The molecule has 36 heavy (non-hydrogen) atoms. The molecular weight excluding hydrogens is 480 g/mol. The summed E-state index contributed by atoms with van der Waals surface area (Å²) in [5.74, 6) is -6.50. The van der Waals surface area contributed by atoms with Gasteiger partial charge in [-0.25, -0.2) is 4.79 Å². The van der Waals surface area contributed by atoms with Gasteiger partial charge < -0.3 is 42.1 Å². The number of rotatable bonds is 15. The van der Waals surface area contributed by atoms with Crippen LogP contribution in [0, 0.1) is 0 Å². The average Bonchev–Trinajstić information content (AvgIpc) is 2.79. The Bertz CT molecular complexity index is 966. The maximum Gasteiger partial charge on any atom is 0.326 e. The number of phenols is 1. The number of aromatic hydroxyl groups is 1. The summed E-state index contributed by atoms with van der Waals surface area (Å²) in [6, 6.07) is 0.652. The van der Waals surface area contributed by atoms with Gasteiger partial charge in [0.15, 0.2) is 0 Å². The molecule has 1 aromatic rings. The summed E-state index contributed by atoms with van der Waals surface area (Å²) < 4.78 is 0. The minimum absolute atomic E-state index is 0.0249. The molecule has 0 aromatic heterocycles. The van der Waals surface area contributed by atoms with E-state index in [0.717, 1.165) is 0 Å². The number of carbonyl (C=O) groups excluding carboxylic acids is 3. The smallest absolute Gasteiger partial charge is 0.326 e. The van der Waals surface area contributed by atoms with Gasteiger partial charge in [0.05, 0.1) is 6.04 Å². The van der Waals surface area contributed by atoms with E-state index in [2.05, 4.69) is 16.0 Å². The van der Waals surface area contributed by atoms with Crippen molar-refractivity contribution in [3.05, 3.63) is 29.8 Å². The van der Waals surface area contributed by atoms with Gasteiger partial charge in [-0.15, -0.1) is 0 Å². The summed E-state index contributed by atoms with van der Waals surface area (Å²) in [6.45, 7) is 1.23. The van der Waals surface area contributed by atoms with Gasteiger partial charge in [0.1, 0.15) is 23.9 Å². The quantitative estimate of drug-likeness (QED) is 0.136. The van der Waals surface area contributed by atoms with E-state index in [4.69, 9.17) is 21.1 Å². The number of carboxylic acid groups (broad SMARTS) is 3. The highest BCUT2D eigenvalue weighted by Gasteiger charge is 2.29. The maximum atomic E-state index is 12.7. The van der Waals surface area contributed by atoms with E-state index >= 15 is 0 Å². The number of hydrogen-bond acceptors (Lipinski definition) is 8. The van der Waals surface area contributed by atoms with Crippen molar-refractivity contribution in [1.29, 1.82) is 0 Å². The molecule has 14 nitrogen and oxygen atoms in total. The highest BCUT2D eigenvalue weighted by molar-refractivity contribution is 5.94. The first-order chi connectivity index (χ1) is 16.8. The second-order valence-electron chi connectivity index (χ2n) is 8.03. The molecule has 0 aliphatic carbocycles. The highest BCUT2D eigenvalue weighted by Crippen LogP contribution is 2.11. The maximum absolute atomic E-state index is 12.7. The van der Waals surface area contributed by atoms with Crippen LogP contribution in [0.3, 0.4) is 0 Å². The predicted octanol–water partition coefficient (Wildman–Crippen LogP) is -1.45. The number of carbonyl (C=O) groups is 6. The summed E-state index contributed by atoms with van der Waals surface area (Å²) in [4.78, 5) is 70.5. The van der Waals surface area contributed by atoms with E-state index < -0.39 is 72.6 Å². The van der Waals surface area contributed by atoms with Gasteiger partial charge in [-0.3, -0.25) is 24.0 Å². The largest absolute Gasteiger partial charge is 0.508 e. The summed E-state index contributed by atoms with van der Waals surface area (Å²) in [5, 5.41) is 42.9. The molecule has 0 heterocycles. The van der Waals surface area contributed by atoms with Crippen LogP contribution >= 0.6 is 0 Å². The molecule has 14 heteroatoms. The van der Waals surface area contributed by atoms with E-state index in [0.29, 0.717) is 5.56 Å². The molecule has 0 saturated heterocycles. The number of benzene rings is 1. The molecule has 0 saturated carbocycles. The SMILES string of the molecule is CC(NC(=O)C(CCC(=O)O)NC(=O)C(N)Cc1ccc(O)cc1)C(=O)NC(CCC(=O)O)C(=O)O. The van der Waals surface area contributed by atoms with Crippen LogP contribution in [0.25, 0.3) is 0 Å². The van der Waals surface area contributed by atoms with Crippen LogP contribution in [0.5, 0.6) is 5.75 Å².